The van der Waals surface area contributed by atoms with Gasteiger partial charge in [0.25, 0.3) is 0 Å². The molecule has 3 rings (SSSR count). The van der Waals surface area contributed by atoms with Crippen LogP contribution in [-0.2, 0) is 20.8 Å². The van der Waals surface area contributed by atoms with Crippen molar-refractivity contribution in [3.63, 3.8) is 0 Å². The highest BCUT2D eigenvalue weighted by Crippen LogP contribution is 2.24. The number of hydrogen-bond donors (Lipinski definition) is 1. The van der Waals surface area contributed by atoms with E-state index in [2.05, 4.69) is 4.98 Å². The smallest absolute Gasteiger partial charge is 0.328 e. The van der Waals surface area contributed by atoms with Crippen molar-refractivity contribution in [2.24, 2.45) is 0 Å². The predicted molar refractivity (Wildman–Crippen MR) is 84.3 cm³/mol. The van der Waals surface area contributed by atoms with E-state index < -0.39 is 17.9 Å². The van der Waals surface area contributed by atoms with E-state index in [1.807, 2.05) is 0 Å². The van der Waals surface area contributed by atoms with Gasteiger partial charge in [-0.25, -0.2) is 9.78 Å². The van der Waals surface area contributed by atoms with Crippen LogP contribution in [0.25, 0.3) is 10.6 Å². The molecular formula is C15H15N3O5S. The molecule has 0 radical (unpaired) electrons. The van der Waals surface area contributed by atoms with Gasteiger partial charge in [-0.3, -0.25) is 9.59 Å². The van der Waals surface area contributed by atoms with Crippen LogP contribution in [0.5, 0.6) is 0 Å². The van der Waals surface area contributed by atoms with E-state index in [-0.39, 0.29) is 25.4 Å². The van der Waals surface area contributed by atoms with Crippen LogP contribution in [0.1, 0.15) is 5.69 Å². The molecule has 3 heterocycles. The lowest BCUT2D eigenvalue weighted by atomic mass is 10.1. The van der Waals surface area contributed by atoms with Gasteiger partial charge in [0.15, 0.2) is 0 Å². The molecule has 1 saturated heterocycles. The molecule has 0 bridgehead atoms. The largest absolute Gasteiger partial charge is 0.480 e. The van der Waals surface area contributed by atoms with E-state index in [1.165, 1.54) is 29.5 Å². The number of furan rings is 1. The lowest BCUT2D eigenvalue weighted by molar-refractivity contribution is -0.158. The third-order valence-electron chi connectivity index (χ3n) is 3.81. The predicted octanol–water partition coefficient (Wildman–Crippen LogP) is 0.699. The third-order valence-corrected chi connectivity index (χ3v) is 4.75. The number of likely N-dealkylation sites (N-methyl/N-ethyl adjacent to an activating group) is 1. The highest BCUT2D eigenvalue weighted by Gasteiger charge is 2.37. The second-order valence-corrected chi connectivity index (χ2v) is 6.34. The molecule has 0 spiro atoms. The van der Waals surface area contributed by atoms with Gasteiger partial charge in [0.05, 0.1) is 24.9 Å². The summed E-state index contributed by atoms with van der Waals surface area (Å²) in [4.78, 5) is 42.4. The molecule has 2 aromatic heterocycles. The quantitative estimate of drug-likeness (QED) is 0.871. The van der Waals surface area contributed by atoms with Crippen LogP contribution in [0.4, 0.5) is 0 Å². The van der Waals surface area contributed by atoms with Gasteiger partial charge < -0.3 is 19.3 Å². The molecule has 1 unspecified atom stereocenters. The van der Waals surface area contributed by atoms with Crippen molar-refractivity contribution in [2.75, 3.05) is 20.1 Å². The molecule has 2 aromatic rings. The van der Waals surface area contributed by atoms with Crippen LogP contribution in [0.3, 0.4) is 0 Å². The van der Waals surface area contributed by atoms with Crippen molar-refractivity contribution in [3.05, 3.63) is 29.7 Å². The van der Waals surface area contributed by atoms with E-state index >= 15 is 0 Å². The van der Waals surface area contributed by atoms with Crippen molar-refractivity contribution in [2.45, 2.75) is 12.5 Å². The number of thiazole rings is 1. The summed E-state index contributed by atoms with van der Waals surface area (Å²) in [6.07, 6.45) is 3.05. The minimum absolute atomic E-state index is 0.0166. The second-order valence-electron chi connectivity index (χ2n) is 5.48. The second kappa shape index (κ2) is 6.44. The molecule has 1 aliphatic heterocycles. The Morgan fingerprint density at radius 1 is 1.50 bits per heavy atom. The number of aromatic nitrogens is 1. The number of carboxylic acids is 1. The molecule has 1 aliphatic rings. The molecule has 2 amide bonds. The Balaban J connectivity index is 1.73. The van der Waals surface area contributed by atoms with E-state index in [9.17, 15) is 19.5 Å². The zero-order valence-corrected chi connectivity index (χ0v) is 13.7. The van der Waals surface area contributed by atoms with Gasteiger partial charge in [0.2, 0.25) is 11.8 Å². The van der Waals surface area contributed by atoms with Crippen molar-refractivity contribution in [1.29, 1.82) is 0 Å². The summed E-state index contributed by atoms with van der Waals surface area (Å²) in [5.41, 5.74) is 1.36. The Morgan fingerprint density at radius 3 is 2.96 bits per heavy atom. The minimum Gasteiger partial charge on any atom is -0.480 e. The lowest BCUT2D eigenvalue weighted by Crippen LogP contribution is -2.59. The first-order chi connectivity index (χ1) is 11.5. The van der Waals surface area contributed by atoms with E-state index in [1.54, 1.807) is 17.7 Å². The summed E-state index contributed by atoms with van der Waals surface area (Å²) in [6, 6.07) is 0.733. The minimum atomic E-state index is -1.12. The first-order valence-electron chi connectivity index (χ1n) is 7.19. The molecule has 0 aliphatic carbocycles. The standard InChI is InChI=1S/C15H15N3O5S/c1-17-5-11(15(21)22)18(6-13(17)20)12(19)4-10-8-24-14(16-10)9-2-3-23-7-9/h2-3,7-8,11H,4-6H2,1H3,(H,21,22). The molecule has 1 N–H and O–H groups in total. The third kappa shape index (κ3) is 3.16. The van der Waals surface area contributed by atoms with Gasteiger partial charge >= 0.3 is 5.97 Å². The topological polar surface area (TPSA) is 104 Å². The maximum absolute atomic E-state index is 12.5. The van der Waals surface area contributed by atoms with Crippen molar-refractivity contribution in [3.8, 4) is 10.6 Å². The fraction of sp³-hybridized carbons (Fsp3) is 0.333. The summed E-state index contributed by atoms with van der Waals surface area (Å²) < 4.78 is 5.00. The molecule has 9 heteroatoms. The molecule has 1 fully saturated rings. The molecule has 0 aromatic carbocycles. The number of amides is 2. The molecule has 8 nitrogen and oxygen atoms in total. The van der Waals surface area contributed by atoms with Crippen LogP contribution < -0.4 is 0 Å². The molecule has 126 valence electrons. The Morgan fingerprint density at radius 2 is 2.29 bits per heavy atom. The van der Waals surface area contributed by atoms with Gasteiger partial charge in [0, 0.05) is 18.0 Å². The normalized spacial score (nSPS) is 18.0. The van der Waals surface area contributed by atoms with Crippen LogP contribution >= 0.6 is 11.3 Å². The van der Waals surface area contributed by atoms with Gasteiger partial charge in [0.1, 0.15) is 23.9 Å². The maximum Gasteiger partial charge on any atom is 0.328 e. The number of nitrogens with zero attached hydrogens (tertiary/aromatic N) is 3. The number of carbonyl (C=O) groups excluding carboxylic acids is 2. The van der Waals surface area contributed by atoms with E-state index in [0.29, 0.717) is 5.69 Å². The van der Waals surface area contributed by atoms with Gasteiger partial charge in [-0.05, 0) is 6.07 Å². The Bertz CT molecular complexity index is 770. The van der Waals surface area contributed by atoms with Gasteiger partial charge in [-0.1, -0.05) is 0 Å². The number of carboxylic acid groups (broad SMARTS) is 1. The molecule has 1 atom stereocenters. The van der Waals surface area contributed by atoms with Crippen molar-refractivity contribution >= 4 is 29.1 Å². The van der Waals surface area contributed by atoms with Crippen LogP contribution in [0.15, 0.2) is 28.4 Å². The van der Waals surface area contributed by atoms with E-state index in [4.69, 9.17) is 4.42 Å². The van der Waals surface area contributed by atoms with E-state index in [0.717, 1.165) is 15.5 Å². The Labute approximate surface area is 141 Å². The average Bonchev–Trinajstić information content (AvgIpc) is 3.20. The maximum atomic E-state index is 12.5. The highest BCUT2D eigenvalue weighted by atomic mass is 32.1. The Hall–Kier alpha value is -2.68. The Kier molecular flexibility index (Phi) is 4.34. The number of aliphatic carboxylic acids is 1. The summed E-state index contributed by atoms with van der Waals surface area (Å²) >= 11 is 1.37. The first kappa shape index (κ1) is 16.2. The number of rotatable bonds is 4. The number of carbonyl (C=O) groups is 3. The zero-order valence-electron chi connectivity index (χ0n) is 12.8. The fourth-order valence-electron chi connectivity index (χ4n) is 2.47. The summed E-state index contributed by atoms with van der Waals surface area (Å²) in [6.45, 7) is -0.248. The molecular weight excluding hydrogens is 334 g/mol. The van der Waals surface area contributed by atoms with Crippen molar-refractivity contribution in [1.82, 2.24) is 14.8 Å². The van der Waals surface area contributed by atoms with Gasteiger partial charge in [-0.2, -0.15) is 0 Å². The summed E-state index contributed by atoms with van der Waals surface area (Å²) in [5, 5.41) is 11.8. The van der Waals surface area contributed by atoms with Crippen LogP contribution in [0, 0.1) is 0 Å². The van der Waals surface area contributed by atoms with Crippen LogP contribution in [-0.4, -0.2) is 63.9 Å². The SMILES string of the molecule is CN1CC(C(=O)O)N(C(=O)Cc2csc(-c3ccoc3)n2)CC1=O. The number of hydrogen-bond acceptors (Lipinski definition) is 6. The summed E-state index contributed by atoms with van der Waals surface area (Å²) in [7, 11) is 1.53. The number of piperazine rings is 1. The zero-order chi connectivity index (χ0) is 17.3. The monoisotopic (exact) mass is 349 g/mol. The summed E-state index contributed by atoms with van der Waals surface area (Å²) in [5.74, 6) is -1.83. The van der Waals surface area contributed by atoms with Gasteiger partial charge in [-0.15, -0.1) is 11.3 Å². The van der Waals surface area contributed by atoms with Crippen LogP contribution in [0.2, 0.25) is 0 Å². The highest BCUT2D eigenvalue weighted by molar-refractivity contribution is 7.13. The molecule has 24 heavy (non-hydrogen) atoms. The lowest BCUT2D eigenvalue weighted by Gasteiger charge is -2.37. The fourth-order valence-corrected chi connectivity index (χ4v) is 3.28. The van der Waals surface area contributed by atoms with Crippen molar-refractivity contribution < 1.29 is 23.9 Å². The first-order valence-corrected chi connectivity index (χ1v) is 8.07. The molecule has 0 saturated carbocycles. The average molecular weight is 349 g/mol.